The zero-order valence-electron chi connectivity index (χ0n) is 25.0. The molecule has 1 aliphatic rings. The fourth-order valence-corrected chi connectivity index (χ4v) is 6.33. The minimum Gasteiger partial charge on any atom is -0.507 e. The van der Waals surface area contributed by atoms with Gasteiger partial charge in [0.15, 0.2) is 11.5 Å². The molecule has 0 unspecified atom stereocenters. The van der Waals surface area contributed by atoms with E-state index in [1.165, 1.54) is 5.01 Å². The molecular weight excluding hydrogens is 508 g/mol. The van der Waals surface area contributed by atoms with Crippen LogP contribution in [-0.2, 0) is 17.4 Å². The van der Waals surface area contributed by atoms with Gasteiger partial charge in [-0.25, -0.2) is 4.98 Å². The fourth-order valence-electron chi connectivity index (χ4n) is 5.33. The van der Waals surface area contributed by atoms with Crippen LogP contribution in [0.4, 0.5) is 0 Å². The van der Waals surface area contributed by atoms with Gasteiger partial charge in [-0.2, -0.15) is 0 Å². The van der Waals surface area contributed by atoms with Crippen molar-refractivity contribution in [1.29, 1.82) is 0 Å². The number of aromatic hydroxyl groups is 1. The van der Waals surface area contributed by atoms with Crippen molar-refractivity contribution in [2.45, 2.75) is 77.7 Å². The molecule has 1 aromatic heterocycles. The Bertz CT molecular complexity index is 1260. The van der Waals surface area contributed by atoms with Crippen LogP contribution in [-0.4, -0.2) is 49.4 Å². The van der Waals surface area contributed by atoms with Gasteiger partial charge in [-0.15, -0.1) is 11.3 Å². The van der Waals surface area contributed by atoms with Gasteiger partial charge in [0.2, 0.25) is 0 Å². The molecule has 1 N–H and O–H groups in total. The van der Waals surface area contributed by atoms with E-state index in [1.54, 1.807) is 32.7 Å². The first kappa shape index (κ1) is 29.2. The summed E-state index contributed by atoms with van der Waals surface area (Å²) in [7, 11) is 4.99. The number of ether oxygens (including phenoxy) is 3. The smallest absolute Gasteiger partial charge is 0.164 e. The molecule has 1 saturated heterocycles. The Morgan fingerprint density at radius 2 is 1.38 bits per heavy atom. The Balaban J connectivity index is 1.50. The highest BCUT2D eigenvalue weighted by molar-refractivity contribution is 7.10. The lowest BCUT2D eigenvalue weighted by atomic mass is 9.78. The molecule has 6 nitrogen and oxygen atoms in total. The SMILES string of the molecule is COc1cc(OC)c(OC)cc1CN1CCC(c2nc(-c3cc(C(C)(C)C)c(O)c(C(C)(C)C)c3)cs2)CC1. The number of phenolic OH excluding ortho intramolecular Hbond substituents is 1. The standard InChI is InChI=1S/C32H44N2O4S/c1-31(2,3)23-14-21(15-24(29(23)35)32(4,5)6)25-19-39-30(33-25)20-10-12-34(13-11-20)18-22-16-27(37-8)28(38-9)17-26(22)36-7/h14-17,19-20,35H,10-13,18H2,1-9H3. The molecule has 0 saturated carbocycles. The van der Waals surface area contributed by atoms with Crippen molar-refractivity contribution in [2.24, 2.45) is 0 Å². The largest absolute Gasteiger partial charge is 0.507 e. The number of rotatable bonds is 7. The average molecular weight is 553 g/mol. The molecule has 0 bridgehead atoms. The zero-order valence-corrected chi connectivity index (χ0v) is 25.8. The van der Waals surface area contributed by atoms with Gasteiger partial charge in [-0.3, -0.25) is 4.90 Å². The molecule has 0 aliphatic carbocycles. The highest BCUT2D eigenvalue weighted by atomic mass is 32.1. The van der Waals surface area contributed by atoms with E-state index in [2.05, 4.69) is 64.0 Å². The van der Waals surface area contributed by atoms with Crippen molar-refractivity contribution in [1.82, 2.24) is 9.88 Å². The molecular formula is C32H44N2O4S. The van der Waals surface area contributed by atoms with E-state index < -0.39 is 0 Å². The number of benzene rings is 2. The maximum absolute atomic E-state index is 11.1. The number of thiazole rings is 1. The number of hydrogen-bond acceptors (Lipinski definition) is 7. The second kappa shape index (κ2) is 11.4. The molecule has 0 spiro atoms. The zero-order chi connectivity index (χ0) is 28.5. The van der Waals surface area contributed by atoms with E-state index in [0.717, 1.165) is 71.9 Å². The second-order valence-corrected chi connectivity index (χ2v) is 13.5. The van der Waals surface area contributed by atoms with E-state index in [0.29, 0.717) is 17.4 Å². The van der Waals surface area contributed by atoms with E-state index in [-0.39, 0.29) is 10.8 Å². The van der Waals surface area contributed by atoms with Gasteiger partial charge in [0, 0.05) is 46.2 Å². The van der Waals surface area contributed by atoms with Crippen molar-refractivity contribution in [2.75, 3.05) is 34.4 Å². The first-order valence-electron chi connectivity index (χ1n) is 13.7. The summed E-state index contributed by atoms with van der Waals surface area (Å²) >= 11 is 1.76. The molecule has 2 heterocycles. The normalized spacial score (nSPS) is 15.4. The summed E-state index contributed by atoms with van der Waals surface area (Å²) in [5.41, 5.74) is 4.80. The van der Waals surface area contributed by atoms with Crippen molar-refractivity contribution in [3.8, 4) is 34.3 Å². The molecule has 0 amide bonds. The molecule has 0 atom stereocenters. The van der Waals surface area contributed by atoms with Gasteiger partial charge in [0.1, 0.15) is 11.5 Å². The maximum atomic E-state index is 11.1. The summed E-state index contributed by atoms with van der Waals surface area (Å²) in [6.45, 7) is 15.7. The number of aromatic nitrogens is 1. The molecule has 3 aromatic rings. The molecule has 4 rings (SSSR count). The summed E-state index contributed by atoms with van der Waals surface area (Å²) in [6, 6.07) is 8.18. The third kappa shape index (κ3) is 6.36. The highest BCUT2D eigenvalue weighted by Crippen LogP contribution is 2.43. The lowest BCUT2D eigenvalue weighted by Crippen LogP contribution is -2.32. The van der Waals surface area contributed by atoms with Gasteiger partial charge in [0.05, 0.1) is 32.0 Å². The molecule has 0 radical (unpaired) electrons. The topological polar surface area (TPSA) is 64.0 Å². The van der Waals surface area contributed by atoms with Gasteiger partial charge in [0.25, 0.3) is 0 Å². The summed E-state index contributed by atoms with van der Waals surface area (Å²) < 4.78 is 16.6. The lowest BCUT2D eigenvalue weighted by molar-refractivity contribution is 0.202. The van der Waals surface area contributed by atoms with Crippen LogP contribution in [0.3, 0.4) is 0 Å². The monoisotopic (exact) mass is 552 g/mol. The van der Waals surface area contributed by atoms with E-state index in [9.17, 15) is 5.11 Å². The van der Waals surface area contributed by atoms with Gasteiger partial charge < -0.3 is 19.3 Å². The number of hydrogen-bond donors (Lipinski definition) is 1. The van der Waals surface area contributed by atoms with Crippen LogP contribution in [0.5, 0.6) is 23.0 Å². The maximum Gasteiger partial charge on any atom is 0.164 e. The Kier molecular flexibility index (Phi) is 8.52. The molecule has 212 valence electrons. The van der Waals surface area contributed by atoms with Crippen LogP contribution in [0.25, 0.3) is 11.3 Å². The molecule has 7 heteroatoms. The van der Waals surface area contributed by atoms with Crippen LogP contribution in [0.15, 0.2) is 29.6 Å². The van der Waals surface area contributed by atoms with Crippen molar-refractivity contribution in [3.05, 3.63) is 51.3 Å². The van der Waals surface area contributed by atoms with Gasteiger partial charge in [-0.1, -0.05) is 41.5 Å². The predicted octanol–water partition coefficient (Wildman–Crippen LogP) is 7.52. The van der Waals surface area contributed by atoms with Crippen LogP contribution in [0.1, 0.15) is 82.0 Å². The number of piperidine rings is 1. The number of methoxy groups -OCH3 is 3. The highest BCUT2D eigenvalue weighted by Gasteiger charge is 2.28. The molecule has 1 fully saturated rings. The summed E-state index contributed by atoms with van der Waals surface area (Å²) in [6.07, 6.45) is 2.14. The molecule has 39 heavy (non-hydrogen) atoms. The Morgan fingerprint density at radius 3 is 1.90 bits per heavy atom. The van der Waals surface area contributed by atoms with Crippen molar-refractivity contribution >= 4 is 11.3 Å². The molecule has 2 aromatic carbocycles. The third-order valence-electron chi connectivity index (χ3n) is 7.66. The summed E-state index contributed by atoms with van der Waals surface area (Å²) in [5.74, 6) is 3.07. The average Bonchev–Trinajstić information content (AvgIpc) is 3.38. The second-order valence-electron chi connectivity index (χ2n) is 12.6. The Morgan fingerprint density at radius 1 is 0.846 bits per heavy atom. The van der Waals surface area contributed by atoms with Crippen molar-refractivity contribution < 1.29 is 19.3 Å². The number of nitrogens with zero attached hydrogens (tertiary/aromatic N) is 2. The first-order valence-corrected chi connectivity index (χ1v) is 14.6. The summed E-state index contributed by atoms with van der Waals surface area (Å²) in [5, 5.41) is 14.5. The minimum atomic E-state index is -0.164. The summed E-state index contributed by atoms with van der Waals surface area (Å²) in [4.78, 5) is 7.60. The van der Waals surface area contributed by atoms with Gasteiger partial charge >= 0.3 is 0 Å². The Labute approximate surface area is 237 Å². The third-order valence-corrected chi connectivity index (χ3v) is 8.67. The van der Waals surface area contributed by atoms with Crippen LogP contribution in [0, 0.1) is 0 Å². The number of likely N-dealkylation sites (tertiary alicyclic amines) is 1. The first-order chi connectivity index (χ1) is 18.3. The quantitative estimate of drug-likeness (QED) is 0.327. The van der Waals surface area contributed by atoms with Crippen molar-refractivity contribution in [3.63, 3.8) is 0 Å². The number of phenols is 1. The van der Waals surface area contributed by atoms with Crippen LogP contribution in [0.2, 0.25) is 0 Å². The van der Waals surface area contributed by atoms with E-state index in [1.807, 2.05) is 12.1 Å². The predicted molar refractivity (Wildman–Crippen MR) is 160 cm³/mol. The van der Waals surface area contributed by atoms with Crippen LogP contribution < -0.4 is 14.2 Å². The van der Waals surface area contributed by atoms with E-state index in [4.69, 9.17) is 19.2 Å². The van der Waals surface area contributed by atoms with Crippen LogP contribution >= 0.6 is 11.3 Å². The fraction of sp³-hybridized carbons (Fsp3) is 0.531. The van der Waals surface area contributed by atoms with E-state index >= 15 is 0 Å². The molecule has 1 aliphatic heterocycles. The lowest BCUT2D eigenvalue weighted by Gasteiger charge is -2.31. The Hall–Kier alpha value is -2.77. The van der Waals surface area contributed by atoms with Gasteiger partial charge in [-0.05, 0) is 55.0 Å². The minimum absolute atomic E-state index is 0.164.